The van der Waals surface area contributed by atoms with E-state index in [-0.39, 0.29) is 0 Å². The van der Waals surface area contributed by atoms with E-state index in [9.17, 15) is 0 Å². The van der Waals surface area contributed by atoms with Crippen LogP contribution in [0.1, 0.15) is 25.3 Å². The van der Waals surface area contributed by atoms with Crippen molar-refractivity contribution in [3.05, 3.63) is 36.0 Å². The van der Waals surface area contributed by atoms with Crippen molar-refractivity contribution in [2.45, 2.75) is 33.2 Å². The largest absolute Gasteiger partial charge is 0.347 e. The highest BCUT2D eigenvalue weighted by Crippen LogP contribution is 2.20. The van der Waals surface area contributed by atoms with Crippen molar-refractivity contribution in [2.24, 2.45) is 0 Å². The van der Waals surface area contributed by atoms with Crippen LogP contribution in [-0.2, 0) is 6.54 Å². The Labute approximate surface area is 104 Å². The Balaban J connectivity index is 1.99. The molecule has 1 aromatic carbocycles. The lowest BCUT2D eigenvalue weighted by molar-refractivity contribution is 0.586. The molecule has 0 aliphatic rings. The van der Waals surface area contributed by atoms with Gasteiger partial charge < -0.3 is 9.88 Å². The summed E-state index contributed by atoms with van der Waals surface area (Å²) < 4.78 is 2.39. The molecule has 1 aromatic heterocycles. The zero-order valence-electron chi connectivity index (χ0n) is 10.9. The molecule has 0 saturated carbocycles. The number of nitrogens with one attached hydrogen (secondary N) is 1. The van der Waals surface area contributed by atoms with Gasteiger partial charge in [-0.05, 0) is 44.5 Å². The number of unbranched alkanes of at least 4 members (excludes halogenated alkanes) is 1. The molecule has 2 aromatic rings. The summed E-state index contributed by atoms with van der Waals surface area (Å²) in [6.45, 7) is 7.68. The zero-order chi connectivity index (χ0) is 12.1. The maximum Gasteiger partial charge on any atom is 0.0483 e. The van der Waals surface area contributed by atoms with E-state index < -0.39 is 0 Å². The van der Waals surface area contributed by atoms with Gasteiger partial charge >= 0.3 is 0 Å². The summed E-state index contributed by atoms with van der Waals surface area (Å²) in [5.74, 6) is 0. The van der Waals surface area contributed by atoms with Gasteiger partial charge in [0.15, 0.2) is 0 Å². The molecule has 2 rings (SSSR count). The first-order chi connectivity index (χ1) is 8.33. The normalized spacial score (nSPS) is 11.2. The fourth-order valence-corrected chi connectivity index (χ4v) is 2.32. The van der Waals surface area contributed by atoms with Crippen LogP contribution in [0.4, 0.5) is 0 Å². The minimum absolute atomic E-state index is 1.07. The van der Waals surface area contributed by atoms with E-state index >= 15 is 0 Å². The molecule has 0 spiro atoms. The number of hydrogen-bond acceptors (Lipinski definition) is 1. The second-order valence-electron chi connectivity index (χ2n) is 4.58. The summed E-state index contributed by atoms with van der Waals surface area (Å²) in [5.41, 5.74) is 2.75. The van der Waals surface area contributed by atoms with Crippen LogP contribution in [0.5, 0.6) is 0 Å². The number of fused-ring (bicyclic) bond motifs is 1. The average Bonchev–Trinajstić information content (AvgIpc) is 2.67. The minimum atomic E-state index is 1.07. The summed E-state index contributed by atoms with van der Waals surface area (Å²) in [6.07, 6.45) is 4.77. The van der Waals surface area contributed by atoms with Gasteiger partial charge in [0.2, 0.25) is 0 Å². The second kappa shape index (κ2) is 5.87. The van der Waals surface area contributed by atoms with Gasteiger partial charge in [0, 0.05) is 23.6 Å². The Hall–Kier alpha value is -1.28. The lowest BCUT2D eigenvalue weighted by Crippen LogP contribution is -2.14. The van der Waals surface area contributed by atoms with Crippen LogP contribution in [0.25, 0.3) is 10.9 Å². The van der Waals surface area contributed by atoms with Crippen LogP contribution in [0.2, 0.25) is 0 Å². The Bertz CT molecular complexity index is 471. The quantitative estimate of drug-likeness (QED) is 0.753. The van der Waals surface area contributed by atoms with Crippen molar-refractivity contribution < 1.29 is 0 Å². The molecule has 0 atom stereocenters. The van der Waals surface area contributed by atoms with Crippen LogP contribution in [0.3, 0.4) is 0 Å². The molecule has 0 aliphatic heterocycles. The van der Waals surface area contributed by atoms with E-state index in [0.717, 1.165) is 19.6 Å². The van der Waals surface area contributed by atoms with Crippen LogP contribution in [0, 0.1) is 6.92 Å². The molecule has 1 heterocycles. The summed E-state index contributed by atoms with van der Waals surface area (Å²) in [6, 6.07) is 8.66. The lowest BCUT2D eigenvalue weighted by atomic mass is 10.2. The summed E-state index contributed by atoms with van der Waals surface area (Å²) >= 11 is 0. The second-order valence-corrected chi connectivity index (χ2v) is 4.58. The first kappa shape index (κ1) is 12.2. The fourth-order valence-electron chi connectivity index (χ4n) is 2.32. The molecule has 0 aliphatic carbocycles. The maximum atomic E-state index is 3.37. The molecular formula is C15H22N2. The van der Waals surface area contributed by atoms with Crippen molar-refractivity contribution in [1.29, 1.82) is 0 Å². The molecule has 0 bridgehead atoms. The third kappa shape index (κ3) is 2.89. The number of para-hydroxylation sites is 1. The van der Waals surface area contributed by atoms with Crippen molar-refractivity contribution in [1.82, 2.24) is 9.88 Å². The fraction of sp³-hybridized carbons (Fsp3) is 0.467. The number of aryl methyl sites for hydroxylation is 2. The molecule has 0 fully saturated rings. The Morgan fingerprint density at radius 2 is 2.00 bits per heavy atom. The van der Waals surface area contributed by atoms with Gasteiger partial charge in [-0.1, -0.05) is 25.1 Å². The Morgan fingerprint density at radius 1 is 1.18 bits per heavy atom. The predicted octanol–water partition coefficient (Wildman–Crippen LogP) is 3.34. The first-order valence-corrected chi connectivity index (χ1v) is 6.58. The van der Waals surface area contributed by atoms with Crippen molar-refractivity contribution in [2.75, 3.05) is 13.1 Å². The zero-order valence-corrected chi connectivity index (χ0v) is 10.9. The van der Waals surface area contributed by atoms with Crippen molar-refractivity contribution >= 4 is 10.9 Å². The Kier molecular flexibility index (Phi) is 4.21. The van der Waals surface area contributed by atoms with E-state index in [1.54, 1.807) is 0 Å². The van der Waals surface area contributed by atoms with E-state index in [1.807, 2.05) is 0 Å². The average molecular weight is 230 g/mol. The molecule has 0 unspecified atom stereocenters. The van der Waals surface area contributed by atoms with Crippen LogP contribution < -0.4 is 5.32 Å². The summed E-state index contributed by atoms with van der Waals surface area (Å²) in [7, 11) is 0. The molecule has 0 saturated heterocycles. The van der Waals surface area contributed by atoms with Gasteiger partial charge in [0.25, 0.3) is 0 Å². The first-order valence-electron chi connectivity index (χ1n) is 6.58. The van der Waals surface area contributed by atoms with Gasteiger partial charge in [-0.15, -0.1) is 0 Å². The van der Waals surface area contributed by atoms with Gasteiger partial charge in [-0.2, -0.15) is 0 Å². The molecular weight excluding hydrogens is 208 g/mol. The molecule has 17 heavy (non-hydrogen) atoms. The third-order valence-electron chi connectivity index (χ3n) is 3.24. The van der Waals surface area contributed by atoms with E-state index in [1.165, 1.54) is 29.3 Å². The maximum absolute atomic E-state index is 3.37. The number of rotatable bonds is 6. The molecule has 0 amide bonds. The highest BCUT2D eigenvalue weighted by molar-refractivity contribution is 5.83. The monoisotopic (exact) mass is 230 g/mol. The number of benzene rings is 1. The number of aromatic nitrogens is 1. The number of nitrogens with zero attached hydrogens (tertiary/aromatic N) is 1. The summed E-state index contributed by atoms with van der Waals surface area (Å²) in [5, 5.41) is 4.76. The predicted molar refractivity (Wildman–Crippen MR) is 74.5 cm³/mol. The van der Waals surface area contributed by atoms with Crippen LogP contribution >= 0.6 is 0 Å². The van der Waals surface area contributed by atoms with Gasteiger partial charge in [-0.25, -0.2) is 0 Å². The van der Waals surface area contributed by atoms with E-state index in [2.05, 4.69) is 54.2 Å². The molecule has 1 N–H and O–H groups in total. The SMILES string of the molecule is CCNCCCCn1cc(C)c2ccccc21. The van der Waals surface area contributed by atoms with Crippen LogP contribution in [-0.4, -0.2) is 17.7 Å². The van der Waals surface area contributed by atoms with E-state index in [0.29, 0.717) is 0 Å². The van der Waals surface area contributed by atoms with Crippen LogP contribution in [0.15, 0.2) is 30.5 Å². The highest BCUT2D eigenvalue weighted by Gasteiger charge is 2.03. The third-order valence-corrected chi connectivity index (χ3v) is 3.24. The number of hydrogen-bond donors (Lipinski definition) is 1. The minimum Gasteiger partial charge on any atom is -0.347 e. The smallest absolute Gasteiger partial charge is 0.0483 e. The van der Waals surface area contributed by atoms with Gasteiger partial charge in [0.1, 0.15) is 0 Å². The highest BCUT2D eigenvalue weighted by atomic mass is 15.0. The summed E-state index contributed by atoms with van der Waals surface area (Å²) in [4.78, 5) is 0. The topological polar surface area (TPSA) is 17.0 Å². The standard InChI is InChI=1S/C15H22N2/c1-3-16-10-6-7-11-17-12-13(2)14-8-4-5-9-15(14)17/h4-5,8-9,12,16H,3,6-7,10-11H2,1-2H3. The van der Waals surface area contributed by atoms with Crippen molar-refractivity contribution in [3.63, 3.8) is 0 Å². The van der Waals surface area contributed by atoms with Gasteiger partial charge in [-0.3, -0.25) is 0 Å². The molecule has 0 radical (unpaired) electrons. The molecule has 2 heteroatoms. The van der Waals surface area contributed by atoms with Gasteiger partial charge in [0.05, 0.1) is 0 Å². The van der Waals surface area contributed by atoms with E-state index in [4.69, 9.17) is 0 Å². The Morgan fingerprint density at radius 3 is 2.82 bits per heavy atom. The van der Waals surface area contributed by atoms with Crippen molar-refractivity contribution in [3.8, 4) is 0 Å². The lowest BCUT2D eigenvalue weighted by Gasteiger charge is -2.05. The molecule has 2 nitrogen and oxygen atoms in total. The molecule has 92 valence electrons.